The molecule has 39 heavy (non-hydrogen) atoms. The fourth-order valence-corrected chi connectivity index (χ4v) is 12.0. The minimum atomic E-state index is 0.349. The Kier molecular flexibility index (Phi) is 9.79. The van der Waals surface area contributed by atoms with Crippen molar-refractivity contribution in [1.82, 2.24) is 0 Å². The van der Waals surface area contributed by atoms with Gasteiger partial charge in [0.25, 0.3) is 0 Å². The van der Waals surface area contributed by atoms with Crippen LogP contribution in [0.1, 0.15) is 118 Å². The molecule has 0 bridgehead atoms. The largest absolute Gasteiger partial charge is 0.396 e. The van der Waals surface area contributed by atoms with Gasteiger partial charge in [0.15, 0.2) is 0 Å². The van der Waals surface area contributed by atoms with Crippen molar-refractivity contribution in [3.63, 3.8) is 0 Å². The lowest BCUT2D eigenvalue weighted by Crippen LogP contribution is -2.61. The first-order chi connectivity index (χ1) is 18.8. The van der Waals surface area contributed by atoms with E-state index in [0.717, 1.165) is 91.7 Å². The average Bonchev–Trinajstić information content (AvgIpc) is 3.26. The van der Waals surface area contributed by atoms with Gasteiger partial charge in [-0.2, -0.15) is 0 Å². The van der Waals surface area contributed by atoms with Gasteiger partial charge in [-0.3, -0.25) is 0 Å². The van der Waals surface area contributed by atoms with Crippen LogP contribution in [0.4, 0.5) is 0 Å². The zero-order chi connectivity index (χ0) is 27.8. The van der Waals surface area contributed by atoms with Gasteiger partial charge in [-0.15, -0.1) is 0 Å². The molecule has 0 radical (unpaired) electrons. The van der Waals surface area contributed by atoms with E-state index < -0.39 is 0 Å². The number of aliphatic hydroxyl groups is 1. The zero-order valence-corrected chi connectivity index (χ0v) is 26.1. The lowest BCUT2D eigenvalue weighted by atomic mass is 9.38. The molecule has 226 valence electrons. The second-order valence-corrected chi connectivity index (χ2v) is 15.8. The molecule has 5 aliphatic rings. The van der Waals surface area contributed by atoms with Gasteiger partial charge in [0.1, 0.15) is 0 Å². The molecule has 13 unspecified atom stereocenters. The maximum atomic E-state index is 9.57. The first kappa shape index (κ1) is 30.3. The summed E-state index contributed by atoms with van der Waals surface area (Å²) in [5, 5.41) is 9.57. The van der Waals surface area contributed by atoms with Crippen molar-refractivity contribution < 1.29 is 9.84 Å². The third-order valence-electron chi connectivity index (χ3n) is 14.4. The molecule has 5 rings (SSSR count). The number of nitrogens with two attached hydrogens (primary N) is 2. The van der Waals surface area contributed by atoms with Crippen molar-refractivity contribution in [2.45, 2.75) is 124 Å². The first-order valence-electron chi connectivity index (χ1n) is 17.4. The van der Waals surface area contributed by atoms with Gasteiger partial charge in [0.2, 0.25) is 0 Å². The van der Waals surface area contributed by atoms with Gasteiger partial charge in [0.05, 0.1) is 6.10 Å². The molecule has 0 aromatic heterocycles. The van der Waals surface area contributed by atoms with Crippen molar-refractivity contribution in [3.05, 3.63) is 0 Å². The summed E-state index contributed by atoms with van der Waals surface area (Å²) in [6, 6.07) is 0. The fourth-order valence-electron chi connectivity index (χ4n) is 12.0. The summed E-state index contributed by atoms with van der Waals surface area (Å²) in [4.78, 5) is 0. The Balaban J connectivity index is 1.43. The molecule has 0 saturated heterocycles. The van der Waals surface area contributed by atoms with E-state index in [1.807, 2.05) is 0 Å². The van der Waals surface area contributed by atoms with Crippen LogP contribution in [0.15, 0.2) is 0 Å². The number of ether oxygens (including phenoxy) is 1. The standard InChI is InChI=1S/C35H64N2O2/c1-23(8-6-18-38)30-12-13-31-33-29(28-11-10-25(28)9-5-16-36)22-26-21-27(39-19-7-17-37)14-15-34(26,3)32(33)20-24(2)35(30,31)4/h23-33,38H,5-22,36-37H2,1-4H3. The molecular weight excluding hydrogens is 480 g/mol. The topological polar surface area (TPSA) is 81.5 Å². The highest BCUT2D eigenvalue weighted by Crippen LogP contribution is 2.72. The highest BCUT2D eigenvalue weighted by Gasteiger charge is 2.66. The first-order valence-corrected chi connectivity index (χ1v) is 17.4. The molecule has 4 nitrogen and oxygen atoms in total. The van der Waals surface area contributed by atoms with Crippen molar-refractivity contribution in [2.24, 2.45) is 81.5 Å². The Morgan fingerprint density at radius 1 is 0.897 bits per heavy atom. The average molecular weight is 545 g/mol. The number of fused-ring (bicyclic) bond motifs is 5. The Morgan fingerprint density at radius 2 is 1.69 bits per heavy atom. The highest BCUT2D eigenvalue weighted by molar-refractivity contribution is 5.14. The van der Waals surface area contributed by atoms with Gasteiger partial charge in [-0.1, -0.05) is 27.7 Å². The smallest absolute Gasteiger partial charge is 0.0578 e. The second-order valence-electron chi connectivity index (χ2n) is 15.8. The minimum Gasteiger partial charge on any atom is -0.396 e. The van der Waals surface area contributed by atoms with E-state index in [2.05, 4.69) is 27.7 Å². The van der Waals surface area contributed by atoms with Gasteiger partial charge in [-0.05, 0) is 173 Å². The van der Waals surface area contributed by atoms with Gasteiger partial charge in [0, 0.05) is 13.2 Å². The lowest BCUT2D eigenvalue weighted by molar-refractivity contribution is -0.193. The monoisotopic (exact) mass is 544 g/mol. The maximum absolute atomic E-state index is 9.57. The molecule has 5 N–H and O–H groups in total. The van der Waals surface area contributed by atoms with Crippen molar-refractivity contribution in [3.8, 4) is 0 Å². The van der Waals surface area contributed by atoms with E-state index in [1.54, 1.807) is 0 Å². The van der Waals surface area contributed by atoms with E-state index in [-0.39, 0.29) is 0 Å². The summed E-state index contributed by atoms with van der Waals surface area (Å²) < 4.78 is 6.43. The van der Waals surface area contributed by atoms with Crippen molar-refractivity contribution in [2.75, 3.05) is 26.3 Å². The Labute approximate surface area is 241 Å². The normalized spacial score (nSPS) is 48.1. The van der Waals surface area contributed by atoms with Gasteiger partial charge in [-0.25, -0.2) is 0 Å². The van der Waals surface area contributed by atoms with Crippen LogP contribution in [0.3, 0.4) is 0 Å². The van der Waals surface area contributed by atoms with Crippen LogP contribution in [0.2, 0.25) is 0 Å². The third kappa shape index (κ3) is 5.40. The summed E-state index contributed by atoms with van der Waals surface area (Å²) in [5.74, 6) is 8.68. The minimum absolute atomic E-state index is 0.349. The van der Waals surface area contributed by atoms with Crippen LogP contribution < -0.4 is 11.5 Å². The van der Waals surface area contributed by atoms with Crippen LogP contribution >= 0.6 is 0 Å². The quantitative estimate of drug-likeness (QED) is 0.231. The van der Waals surface area contributed by atoms with Crippen molar-refractivity contribution >= 4 is 0 Å². The molecule has 5 fully saturated rings. The van der Waals surface area contributed by atoms with Gasteiger partial charge < -0.3 is 21.3 Å². The van der Waals surface area contributed by atoms with E-state index >= 15 is 0 Å². The van der Waals surface area contributed by atoms with E-state index in [4.69, 9.17) is 16.2 Å². The lowest BCUT2D eigenvalue weighted by Gasteiger charge is -2.67. The number of aliphatic hydroxyl groups excluding tert-OH is 1. The maximum Gasteiger partial charge on any atom is 0.0578 e. The third-order valence-corrected chi connectivity index (χ3v) is 14.4. The van der Waals surface area contributed by atoms with E-state index in [1.165, 1.54) is 77.0 Å². The predicted octanol–water partition coefficient (Wildman–Crippen LogP) is 7.03. The summed E-state index contributed by atoms with van der Waals surface area (Å²) in [6.45, 7) is 13.4. The summed E-state index contributed by atoms with van der Waals surface area (Å²) in [7, 11) is 0. The molecule has 4 heteroatoms. The Morgan fingerprint density at radius 3 is 2.38 bits per heavy atom. The van der Waals surface area contributed by atoms with E-state index in [0.29, 0.717) is 23.5 Å². The molecule has 0 aliphatic heterocycles. The second kappa shape index (κ2) is 12.6. The summed E-state index contributed by atoms with van der Waals surface area (Å²) >= 11 is 0. The van der Waals surface area contributed by atoms with Crippen LogP contribution in [-0.4, -0.2) is 37.5 Å². The van der Waals surface area contributed by atoms with Crippen LogP contribution in [0, 0.1) is 70.0 Å². The molecular formula is C35H64N2O2. The number of hydrogen-bond donors (Lipinski definition) is 3. The molecule has 0 aromatic carbocycles. The molecule has 0 spiro atoms. The SMILES string of the molecule is CC(CCCO)C1CCC2C3C(C4CCC4CCCN)CC4CC(OCCCN)CCC4(C)C3CC(C)C12C. The molecule has 0 aromatic rings. The molecule has 0 amide bonds. The molecule has 0 heterocycles. The van der Waals surface area contributed by atoms with Gasteiger partial charge >= 0.3 is 0 Å². The number of hydrogen-bond acceptors (Lipinski definition) is 4. The van der Waals surface area contributed by atoms with Crippen molar-refractivity contribution in [1.29, 1.82) is 0 Å². The fraction of sp³-hybridized carbons (Fsp3) is 1.00. The molecule has 5 aliphatic carbocycles. The molecule has 5 saturated carbocycles. The Bertz CT molecular complexity index is 791. The van der Waals surface area contributed by atoms with Crippen LogP contribution in [0.25, 0.3) is 0 Å². The van der Waals surface area contributed by atoms with E-state index in [9.17, 15) is 5.11 Å². The summed E-state index contributed by atoms with van der Waals surface area (Å²) in [6.07, 6.45) is 18.8. The highest BCUT2D eigenvalue weighted by atomic mass is 16.5. The van der Waals surface area contributed by atoms with Crippen LogP contribution in [0.5, 0.6) is 0 Å². The number of rotatable bonds is 12. The zero-order valence-electron chi connectivity index (χ0n) is 26.1. The predicted molar refractivity (Wildman–Crippen MR) is 162 cm³/mol. The molecule has 13 atom stereocenters. The Hall–Kier alpha value is -0.160. The van der Waals surface area contributed by atoms with Crippen LogP contribution in [-0.2, 0) is 4.74 Å². The summed E-state index contributed by atoms with van der Waals surface area (Å²) in [5.41, 5.74) is 12.7.